The first-order chi connectivity index (χ1) is 9.37. The Hall–Kier alpha value is -0.420. The lowest BCUT2D eigenvalue weighted by Crippen LogP contribution is -2.47. The standard InChI is InChI=1S/C15H28N2O2S/c1-11-13(7-9-20-11)16-10-12-6-5-8-17(12)14(18)19-15(2,3)4/h11-13,16H,5-10H2,1-4H3. The number of likely N-dealkylation sites (tertiary alicyclic amines) is 1. The van der Waals surface area contributed by atoms with Crippen LogP contribution in [-0.4, -0.2) is 52.8 Å². The number of rotatable bonds is 3. The van der Waals surface area contributed by atoms with Crippen LogP contribution in [-0.2, 0) is 4.74 Å². The molecule has 0 bridgehead atoms. The smallest absolute Gasteiger partial charge is 0.410 e. The van der Waals surface area contributed by atoms with E-state index in [2.05, 4.69) is 12.2 Å². The van der Waals surface area contributed by atoms with Crippen molar-refractivity contribution >= 4 is 17.9 Å². The highest BCUT2D eigenvalue weighted by molar-refractivity contribution is 8.00. The topological polar surface area (TPSA) is 41.6 Å². The summed E-state index contributed by atoms with van der Waals surface area (Å²) < 4.78 is 5.50. The number of ether oxygens (including phenoxy) is 1. The van der Waals surface area contributed by atoms with Crippen LogP contribution in [0.2, 0.25) is 0 Å². The van der Waals surface area contributed by atoms with E-state index in [1.54, 1.807) is 0 Å². The normalized spacial score (nSPS) is 30.8. The van der Waals surface area contributed by atoms with Crippen LogP contribution >= 0.6 is 11.8 Å². The molecule has 0 aromatic rings. The SMILES string of the molecule is CC1SCCC1NCC1CCCN1C(=O)OC(C)(C)C. The van der Waals surface area contributed by atoms with Crippen molar-refractivity contribution in [2.75, 3.05) is 18.8 Å². The van der Waals surface area contributed by atoms with Crippen LogP contribution in [0, 0.1) is 0 Å². The molecule has 3 atom stereocenters. The van der Waals surface area contributed by atoms with E-state index in [1.807, 2.05) is 37.4 Å². The van der Waals surface area contributed by atoms with E-state index in [0.717, 1.165) is 25.9 Å². The van der Waals surface area contributed by atoms with Crippen LogP contribution in [0.4, 0.5) is 4.79 Å². The van der Waals surface area contributed by atoms with Gasteiger partial charge in [0, 0.05) is 30.4 Å². The fourth-order valence-corrected chi connectivity index (χ4v) is 4.12. The molecule has 0 aromatic heterocycles. The molecule has 0 aliphatic carbocycles. The molecule has 2 saturated heterocycles. The Morgan fingerprint density at radius 1 is 1.40 bits per heavy atom. The Kier molecular flexibility index (Phi) is 5.24. The molecular formula is C15H28N2O2S. The van der Waals surface area contributed by atoms with E-state index in [1.165, 1.54) is 12.2 Å². The number of carbonyl (C=O) groups excluding carboxylic acids is 1. The Balaban J connectivity index is 1.82. The molecule has 0 saturated carbocycles. The summed E-state index contributed by atoms with van der Waals surface area (Å²) in [7, 11) is 0. The molecule has 2 fully saturated rings. The number of thioether (sulfide) groups is 1. The third-order valence-electron chi connectivity index (χ3n) is 4.00. The lowest BCUT2D eigenvalue weighted by atomic mass is 10.1. The summed E-state index contributed by atoms with van der Waals surface area (Å²) in [6.07, 6.45) is 3.25. The van der Waals surface area contributed by atoms with E-state index < -0.39 is 5.60 Å². The second kappa shape index (κ2) is 6.56. The number of nitrogens with zero attached hydrogens (tertiary/aromatic N) is 1. The highest BCUT2D eigenvalue weighted by Gasteiger charge is 2.33. The van der Waals surface area contributed by atoms with Crippen molar-refractivity contribution < 1.29 is 9.53 Å². The summed E-state index contributed by atoms with van der Waals surface area (Å²) in [6.45, 7) is 9.78. The molecule has 0 aromatic carbocycles. The third kappa shape index (κ3) is 4.29. The predicted octanol–water partition coefficient (Wildman–Crippen LogP) is 2.87. The molecular weight excluding hydrogens is 272 g/mol. The van der Waals surface area contributed by atoms with Gasteiger partial charge in [0.15, 0.2) is 0 Å². The van der Waals surface area contributed by atoms with E-state index in [0.29, 0.717) is 17.3 Å². The molecule has 0 spiro atoms. The number of hydrogen-bond acceptors (Lipinski definition) is 4. The lowest BCUT2D eigenvalue weighted by Gasteiger charge is -2.29. The van der Waals surface area contributed by atoms with Gasteiger partial charge in [-0.1, -0.05) is 6.92 Å². The summed E-state index contributed by atoms with van der Waals surface area (Å²) in [5.74, 6) is 1.25. The average molecular weight is 300 g/mol. The molecule has 3 unspecified atom stereocenters. The van der Waals surface area contributed by atoms with Gasteiger partial charge in [0.25, 0.3) is 0 Å². The van der Waals surface area contributed by atoms with Crippen LogP contribution in [0.25, 0.3) is 0 Å². The van der Waals surface area contributed by atoms with Gasteiger partial charge >= 0.3 is 6.09 Å². The minimum absolute atomic E-state index is 0.157. The molecule has 4 nitrogen and oxygen atoms in total. The van der Waals surface area contributed by atoms with Crippen molar-refractivity contribution in [3.8, 4) is 0 Å². The first-order valence-corrected chi connectivity index (χ1v) is 8.76. The lowest BCUT2D eigenvalue weighted by molar-refractivity contribution is 0.0225. The summed E-state index contributed by atoms with van der Waals surface area (Å²) in [5, 5.41) is 4.34. The van der Waals surface area contributed by atoms with Crippen molar-refractivity contribution in [1.82, 2.24) is 10.2 Å². The summed E-state index contributed by atoms with van der Waals surface area (Å²) >= 11 is 2.04. The maximum absolute atomic E-state index is 12.2. The molecule has 1 amide bonds. The second-order valence-electron chi connectivity index (χ2n) is 6.85. The van der Waals surface area contributed by atoms with Crippen molar-refractivity contribution in [2.45, 2.75) is 69.9 Å². The zero-order valence-electron chi connectivity index (χ0n) is 13.1. The third-order valence-corrected chi connectivity index (χ3v) is 5.32. The van der Waals surface area contributed by atoms with Crippen LogP contribution < -0.4 is 5.32 Å². The first-order valence-electron chi connectivity index (χ1n) is 7.71. The maximum atomic E-state index is 12.2. The van der Waals surface area contributed by atoms with E-state index >= 15 is 0 Å². The van der Waals surface area contributed by atoms with Gasteiger partial charge in [-0.15, -0.1) is 0 Å². The Morgan fingerprint density at radius 2 is 2.15 bits per heavy atom. The van der Waals surface area contributed by atoms with Gasteiger partial charge in [-0.05, 0) is 45.8 Å². The summed E-state index contributed by atoms with van der Waals surface area (Å²) in [4.78, 5) is 14.1. The molecule has 2 rings (SSSR count). The molecule has 116 valence electrons. The van der Waals surface area contributed by atoms with Crippen molar-refractivity contribution in [2.24, 2.45) is 0 Å². The monoisotopic (exact) mass is 300 g/mol. The van der Waals surface area contributed by atoms with Crippen molar-refractivity contribution in [3.63, 3.8) is 0 Å². The van der Waals surface area contributed by atoms with Gasteiger partial charge in [-0.25, -0.2) is 4.79 Å². The minimum atomic E-state index is -0.408. The largest absolute Gasteiger partial charge is 0.444 e. The molecule has 2 heterocycles. The van der Waals surface area contributed by atoms with Gasteiger partial charge in [0.05, 0.1) is 0 Å². The molecule has 2 aliphatic rings. The average Bonchev–Trinajstić information content (AvgIpc) is 2.92. The number of amides is 1. The molecule has 5 heteroatoms. The fraction of sp³-hybridized carbons (Fsp3) is 0.933. The summed E-state index contributed by atoms with van der Waals surface area (Å²) in [5.41, 5.74) is -0.408. The quantitative estimate of drug-likeness (QED) is 0.870. The number of carbonyl (C=O) groups is 1. The van der Waals surface area contributed by atoms with Gasteiger partial charge < -0.3 is 15.0 Å². The molecule has 0 radical (unpaired) electrons. The Bertz CT molecular complexity index is 343. The zero-order valence-corrected chi connectivity index (χ0v) is 14.0. The van der Waals surface area contributed by atoms with Gasteiger partial charge in [-0.3, -0.25) is 0 Å². The van der Waals surface area contributed by atoms with E-state index in [-0.39, 0.29) is 6.09 Å². The fourth-order valence-electron chi connectivity index (χ4n) is 2.90. The molecule has 1 N–H and O–H groups in total. The Morgan fingerprint density at radius 3 is 2.75 bits per heavy atom. The van der Waals surface area contributed by atoms with E-state index in [9.17, 15) is 4.79 Å². The molecule has 20 heavy (non-hydrogen) atoms. The van der Waals surface area contributed by atoms with Crippen LogP contribution in [0.3, 0.4) is 0 Å². The van der Waals surface area contributed by atoms with Crippen LogP contribution in [0.5, 0.6) is 0 Å². The van der Waals surface area contributed by atoms with Crippen molar-refractivity contribution in [1.29, 1.82) is 0 Å². The summed E-state index contributed by atoms with van der Waals surface area (Å²) in [6, 6.07) is 0.892. The molecule has 2 aliphatic heterocycles. The van der Waals surface area contributed by atoms with Crippen molar-refractivity contribution in [3.05, 3.63) is 0 Å². The second-order valence-corrected chi connectivity index (χ2v) is 8.33. The first kappa shape index (κ1) is 16.0. The highest BCUT2D eigenvalue weighted by Crippen LogP contribution is 2.27. The van der Waals surface area contributed by atoms with Crippen LogP contribution in [0.1, 0.15) is 47.0 Å². The maximum Gasteiger partial charge on any atom is 0.410 e. The Labute approximate surface area is 127 Å². The van der Waals surface area contributed by atoms with Gasteiger partial charge in [0.1, 0.15) is 5.60 Å². The highest BCUT2D eigenvalue weighted by atomic mass is 32.2. The zero-order chi connectivity index (χ0) is 14.8. The van der Waals surface area contributed by atoms with E-state index in [4.69, 9.17) is 4.74 Å². The van der Waals surface area contributed by atoms with Crippen LogP contribution in [0.15, 0.2) is 0 Å². The van der Waals surface area contributed by atoms with Gasteiger partial charge in [0.2, 0.25) is 0 Å². The predicted molar refractivity (Wildman–Crippen MR) is 84.3 cm³/mol. The van der Waals surface area contributed by atoms with Gasteiger partial charge in [-0.2, -0.15) is 11.8 Å². The number of nitrogens with one attached hydrogen (secondary N) is 1. The number of hydrogen-bond donors (Lipinski definition) is 1. The minimum Gasteiger partial charge on any atom is -0.444 e.